The molecular weight excluding hydrogens is 360 g/mol. The predicted octanol–water partition coefficient (Wildman–Crippen LogP) is 4.06. The minimum absolute atomic E-state index is 0.207. The molecule has 2 amide bonds. The van der Waals surface area contributed by atoms with Gasteiger partial charge in [-0.05, 0) is 36.2 Å². The summed E-state index contributed by atoms with van der Waals surface area (Å²) >= 11 is 3.28. The van der Waals surface area contributed by atoms with Crippen molar-refractivity contribution in [1.29, 1.82) is 0 Å². The van der Waals surface area contributed by atoms with Crippen LogP contribution in [0.4, 0.5) is 16.2 Å². The van der Waals surface area contributed by atoms with E-state index >= 15 is 0 Å². The zero-order valence-corrected chi connectivity index (χ0v) is 14.5. The Balaban J connectivity index is 2.03. The number of halogens is 1. The summed E-state index contributed by atoms with van der Waals surface area (Å²) in [5.74, 6) is -0.298. The molecule has 0 aliphatic rings. The second-order valence-corrected chi connectivity index (χ2v) is 5.66. The summed E-state index contributed by atoms with van der Waals surface area (Å²) in [6, 6.07) is 14.3. The molecule has 0 bridgehead atoms. The highest BCUT2D eigenvalue weighted by atomic mass is 79.9. The Hall–Kier alpha value is -2.34. The minimum atomic E-state index is -0.306. The number of amides is 2. The normalized spacial score (nSPS) is 10.0. The first-order chi connectivity index (χ1) is 11.0. The van der Waals surface area contributed by atoms with Gasteiger partial charge in [0.25, 0.3) is 0 Å². The van der Waals surface area contributed by atoms with Crippen LogP contribution in [0.3, 0.4) is 0 Å². The molecular formula is C17H17BrN2O3. The Morgan fingerprint density at radius 2 is 1.78 bits per heavy atom. The number of anilines is 2. The summed E-state index contributed by atoms with van der Waals surface area (Å²) in [7, 11) is 1.35. The number of benzene rings is 2. The van der Waals surface area contributed by atoms with E-state index in [-0.39, 0.29) is 18.4 Å². The van der Waals surface area contributed by atoms with Crippen molar-refractivity contribution >= 4 is 39.5 Å². The van der Waals surface area contributed by atoms with E-state index in [0.717, 1.165) is 16.8 Å². The predicted molar refractivity (Wildman–Crippen MR) is 93.8 cm³/mol. The molecule has 0 aliphatic carbocycles. The van der Waals surface area contributed by atoms with Gasteiger partial charge in [-0.15, -0.1) is 0 Å². The lowest BCUT2D eigenvalue weighted by Gasteiger charge is -2.17. The highest BCUT2D eigenvalue weighted by Crippen LogP contribution is 2.23. The topological polar surface area (TPSA) is 58.6 Å². The molecule has 0 aliphatic heterocycles. The van der Waals surface area contributed by atoms with E-state index in [1.165, 1.54) is 11.0 Å². The fourth-order valence-electron chi connectivity index (χ4n) is 2.01. The number of carbonyl (C=O) groups excluding carboxylic acids is 2. The third-order valence-electron chi connectivity index (χ3n) is 3.29. The number of aryl methyl sites for hydroxylation is 1. The fourth-order valence-corrected chi connectivity index (χ4v) is 2.50. The summed E-state index contributed by atoms with van der Waals surface area (Å²) in [6.45, 7) is 1.93. The molecule has 2 aromatic rings. The van der Waals surface area contributed by atoms with Gasteiger partial charge in [-0.2, -0.15) is 0 Å². The van der Waals surface area contributed by atoms with Gasteiger partial charge in [0, 0.05) is 5.69 Å². The van der Waals surface area contributed by atoms with Gasteiger partial charge in [0.1, 0.15) is 0 Å². The quantitative estimate of drug-likeness (QED) is 0.646. The van der Waals surface area contributed by atoms with E-state index in [0.29, 0.717) is 5.69 Å². The Morgan fingerprint density at radius 1 is 1.13 bits per heavy atom. The summed E-state index contributed by atoms with van der Waals surface area (Å²) in [5.41, 5.74) is 3.21. The van der Waals surface area contributed by atoms with Gasteiger partial charge in [-0.3, -0.25) is 4.79 Å². The van der Waals surface area contributed by atoms with Crippen LogP contribution >= 0.6 is 16.1 Å². The average molecular weight is 377 g/mol. The summed E-state index contributed by atoms with van der Waals surface area (Å²) in [4.78, 5) is 23.5. The van der Waals surface area contributed by atoms with Crippen LogP contribution in [0.5, 0.6) is 0 Å². The van der Waals surface area contributed by atoms with Crippen molar-refractivity contribution < 1.29 is 14.3 Å². The van der Waals surface area contributed by atoms with Gasteiger partial charge < -0.3 is 10.1 Å². The smallest absolute Gasteiger partial charge is 0.336 e. The number of hydrogen-bond acceptors (Lipinski definition) is 3. The van der Waals surface area contributed by atoms with Crippen LogP contribution in [0.25, 0.3) is 0 Å². The molecule has 5 nitrogen and oxygen atoms in total. The van der Waals surface area contributed by atoms with Crippen molar-refractivity contribution in [1.82, 2.24) is 0 Å². The molecule has 0 radical (unpaired) electrons. The summed E-state index contributed by atoms with van der Waals surface area (Å²) < 4.78 is 6.00. The van der Waals surface area contributed by atoms with Crippen molar-refractivity contribution in [2.75, 3.05) is 16.4 Å². The summed E-state index contributed by atoms with van der Waals surface area (Å²) in [6.07, 6.45) is 0.207. The zero-order valence-electron chi connectivity index (χ0n) is 12.9. The standard InChI is InChI=1S/C17H17BrN2O3/c1-12-5-3-4-6-15(12)20(18)17(22)19-14-9-7-13(8-10-14)11-16(21)23-2/h3-10H,11H2,1-2H3,(H,19,22). The number of esters is 1. The zero-order chi connectivity index (χ0) is 16.8. The monoisotopic (exact) mass is 376 g/mol. The Morgan fingerprint density at radius 3 is 2.39 bits per heavy atom. The largest absolute Gasteiger partial charge is 0.469 e. The Bertz CT molecular complexity index is 701. The number of hydrogen-bond donors (Lipinski definition) is 1. The van der Waals surface area contributed by atoms with Crippen molar-refractivity contribution in [3.05, 3.63) is 59.7 Å². The highest BCUT2D eigenvalue weighted by molar-refractivity contribution is 9.10. The van der Waals surface area contributed by atoms with Crippen molar-refractivity contribution in [2.45, 2.75) is 13.3 Å². The van der Waals surface area contributed by atoms with Gasteiger partial charge in [0.15, 0.2) is 0 Å². The maximum absolute atomic E-state index is 12.3. The number of urea groups is 1. The van der Waals surface area contributed by atoms with Crippen LogP contribution in [-0.2, 0) is 16.0 Å². The number of para-hydroxylation sites is 1. The van der Waals surface area contributed by atoms with E-state index in [9.17, 15) is 9.59 Å². The molecule has 0 spiro atoms. The lowest BCUT2D eigenvalue weighted by atomic mass is 10.1. The number of nitrogens with zero attached hydrogens (tertiary/aromatic N) is 1. The molecule has 0 heterocycles. The molecule has 0 aromatic heterocycles. The maximum Gasteiger partial charge on any atom is 0.336 e. The molecule has 2 aromatic carbocycles. The molecule has 0 atom stereocenters. The first-order valence-corrected chi connectivity index (χ1v) is 7.70. The minimum Gasteiger partial charge on any atom is -0.469 e. The molecule has 0 fully saturated rings. The first-order valence-electron chi connectivity index (χ1n) is 6.99. The lowest BCUT2D eigenvalue weighted by molar-refractivity contribution is -0.139. The van der Waals surface area contributed by atoms with Crippen molar-refractivity contribution in [2.24, 2.45) is 0 Å². The second-order valence-electron chi connectivity index (χ2n) is 4.95. The van der Waals surface area contributed by atoms with E-state index in [1.54, 1.807) is 24.3 Å². The first kappa shape index (κ1) is 17.0. The number of rotatable bonds is 4. The molecule has 6 heteroatoms. The average Bonchev–Trinajstić information content (AvgIpc) is 2.56. The third-order valence-corrected chi connectivity index (χ3v) is 3.99. The van der Waals surface area contributed by atoms with E-state index in [1.807, 2.05) is 31.2 Å². The SMILES string of the molecule is COC(=O)Cc1ccc(NC(=O)N(Br)c2ccccc2C)cc1. The second kappa shape index (κ2) is 7.78. The lowest BCUT2D eigenvalue weighted by Crippen LogP contribution is -2.26. The highest BCUT2D eigenvalue weighted by Gasteiger charge is 2.14. The van der Waals surface area contributed by atoms with Gasteiger partial charge in [-0.1, -0.05) is 30.3 Å². The fraction of sp³-hybridized carbons (Fsp3) is 0.176. The summed E-state index contributed by atoms with van der Waals surface area (Å²) in [5, 5.41) is 2.79. The molecule has 1 N–H and O–H groups in total. The van der Waals surface area contributed by atoms with Crippen LogP contribution < -0.4 is 9.24 Å². The van der Waals surface area contributed by atoms with Crippen molar-refractivity contribution in [3.8, 4) is 0 Å². The van der Waals surface area contributed by atoms with Gasteiger partial charge >= 0.3 is 12.0 Å². The molecule has 0 saturated carbocycles. The van der Waals surface area contributed by atoms with E-state index in [4.69, 9.17) is 0 Å². The maximum atomic E-state index is 12.3. The van der Waals surface area contributed by atoms with Crippen molar-refractivity contribution in [3.63, 3.8) is 0 Å². The number of methoxy groups -OCH3 is 1. The van der Waals surface area contributed by atoms with Crippen LogP contribution in [0.2, 0.25) is 0 Å². The van der Waals surface area contributed by atoms with Crippen LogP contribution in [0.15, 0.2) is 48.5 Å². The molecule has 0 unspecified atom stereocenters. The number of carbonyl (C=O) groups is 2. The van der Waals surface area contributed by atoms with Crippen LogP contribution in [0, 0.1) is 6.92 Å². The molecule has 0 saturated heterocycles. The van der Waals surface area contributed by atoms with E-state index in [2.05, 4.69) is 26.2 Å². The van der Waals surface area contributed by atoms with Crippen LogP contribution in [-0.4, -0.2) is 19.1 Å². The van der Waals surface area contributed by atoms with Gasteiger partial charge in [-0.25, -0.2) is 8.72 Å². The van der Waals surface area contributed by atoms with Crippen LogP contribution in [0.1, 0.15) is 11.1 Å². The third kappa shape index (κ3) is 4.56. The Kier molecular flexibility index (Phi) is 5.76. The van der Waals surface area contributed by atoms with Gasteiger partial charge in [0.05, 0.1) is 35.4 Å². The molecule has 2 rings (SSSR count). The molecule has 23 heavy (non-hydrogen) atoms. The number of ether oxygens (including phenoxy) is 1. The van der Waals surface area contributed by atoms with E-state index < -0.39 is 0 Å². The Labute approximate surface area is 143 Å². The van der Waals surface area contributed by atoms with Gasteiger partial charge in [0.2, 0.25) is 0 Å². The number of nitrogens with one attached hydrogen (secondary N) is 1. The molecule has 120 valence electrons.